The van der Waals surface area contributed by atoms with Crippen molar-refractivity contribution in [2.45, 2.75) is 44.1 Å². The van der Waals surface area contributed by atoms with E-state index >= 15 is 0 Å². The van der Waals surface area contributed by atoms with E-state index in [0.29, 0.717) is 13.0 Å². The molecule has 0 aromatic heterocycles. The van der Waals surface area contributed by atoms with E-state index in [-0.39, 0.29) is 18.0 Å². The molecule has 0 bridgehead atoms. The van der Waals surface area contributed by atoms with E-state index < -0.39 is 13.1 Å². The summed E-state index contributed by atoms with van der Waals surface area (Å²) in [5.74, 6) is -0.469. The Labute approximate surface area is 114 Å². The standard InChI is InChI=1S/C12H24BN3O3/c1-2-12(5-6-14-9-12)15-8-11(17)16-7-3-4-10(16)13(18)19/h10,14-15,18-19H,2-9H2,1H3/t10-,12-/m0/s1. The van der Waals surface area contributed by atoms with Crippen LogP contribution < -0.4 is 10.6 Å². The van der Waals surface area contributed by atoms with E-state index in [1.807, 2.05) is 0 Å². The number of nitrogens with zero attached hydrogens (tertiary/aromatic N) is 1. The Kier molecular flexibility index (Phi) is 4.84. The number of carbonyl (C=O) groups is 1. The number of hydrogen-bond donors (Lipinski definition) is 4. The molecule has 2 rings (SSSR count). The van der Waals surface area contributed by atoms with Crippen LogP contribution >= 0.6 is 0 Å². The van der Waals surface area contributed by atoms with Gasteiger partial charge in [-0.15, -0.1) is 0 Å². The van der Waals surface area contributed by atoms with Gasteiger partial charge in [-0.3, -0.25) is 4.79 Å². The van der Waals surface area contributed by atoms with Gasteiger partial charge >= 0.3 is 7.12 Å². The third-order valence-corrected chi connectivity index (χ3v) is 4.50. The molecule has 2 fully saturated rings. The molecule has 2 saturated heterocycles. The molecule has 0 saturated carbocycles. The van der Waals surface area contributed by atoms with Gasteiger partial charge in [0.1, 0.15) is 0 Å². The second-order valence-corrected chi connectivity index (χ2v) is 5.62. The van der Waals surface area contributed by atoms with Crippen LogP contribution in [0, 0.1) is 0 Å². The SMILES string of the molecule is CC[C@]1(NCC(=O)N2CCC[C@H]2B(O)O)CCNC1. The Morgan fingerprint density at radius 3 is 2.95 bits per heavy atom. The maximum atomic E-state index is 12.2. The molecule has 4 N–H and O–H groups in total. The fourth-order valence-electron chi connectivity index (χ4n) is 3.10. The maximum absolute atomic E-state index is 12.2. The minimum atomic E-state index is -1.43. The third-order valence-electron chi connectivity index (χ3n) is 4.50. The summed E-state index contributed by atoms with van der Waals surface area (Å²) in [4.78, 5) is 13.8. The molecule has 2 aliphatic rings. The van der Waals surface area contributed by atoms with Crippen molar-refractivity contribution in [3.63, 3.8) is 0 Å². The van der Waals surface area contributed by atoms with Crippen LogP contribution in [0.1, 0.15) is 32.6 Å². The van der Waals surface area contributed by atoms with Crippen molar-refractivity contribution in [1.82, 2.24) is 15.5 Å². The van der Waals surface area contributed by atoms with Crippen molar-refractivity contribution in [1.29, 1.82) is 0 Å². The lowest BCUT2D eigenvalue weighted by Crippen LogP contribution is -2.53. The van der Waals surface area contributed by atoms with Gasteiger partial charge in [-0.05, 0) is 32.2 Å². The smallest absolute Gasteiger partial charge is 0.426 e. The minimum Gasteiger partial charge on any atom is -0.426 e. The quantitative estimate of drug-likeness (QED) is 0.467. The van der Waals surface area contributed by atoms with Gasteiger partial charge in [0.15, 0.2) is 0 Å². The van der Waals surface area contributed by atoms with Gasteiger partial charge in [0, 0.05) is 18.6 Å². The molecule has 1 amide bonds. The summed E-state index contributed by atoms with van der Waals surface area (Å²) < 4.78 is 0. The first-order valence-corrected chi connectivity index (χ1v) is 7.19. The summed E-state index contributed by atoms with van der Waals surface area (Å²) >= 11 is 0. The van der Waals surface area contributed by atoms with Crippen molar-refractivity contribution in [2.24, 2.45) is 0 Å². The molecule has 108 valence electrons. The number of carbonyl (C=O) groups excluding carboxylic acids is 1. The Morgan fingerprint density at radius 2 is 2.37 bits per heavy atom. The first-order valence-electron chi connectivity index (χ1n) is 7.19. The number of likely N-dealkylation sites (tertiary alicyclic amines) is 1. The fraction of sp³-hybridized carbons (Fsp3) is 0.917. The summed E-state index contributed by atoms with van der Waals surface area (Å²) in [6.45, 7) is 4.90. The average molecular weight is 269 g/mol. The fourth-order valence-corrected chi connectivity index (χ4v) is 3.10. The van der Waals surface area contributed by atoms with Crippen LogP contribution in [0.25, 0.3) is 0 Å². The van der Waals surface area contributed by atoms with Crippen LogP contribution in [-0.4, -0.2) is 65.6 Å². The monoisotopic (exact) mass is 269 g/mol. The first-order chi connectivity index (χ1) is 9.08. The molecule has 0 spiro atoms. The van der Waals surface area contributed by atoms with Crippen molar-refractivity contribution in [2.75, 3.05) is 26.2 Å². The van der Waals surface area contributed by atoms with Crippen LogP contribution in [0.4, 0.5) is 0 Å². The molecule has 0 radical (unpaired) electrons. The van der Waals surface area contributed by atoms with Crippen LogP contribution in [0.5, 0.6) is 0 Å². The zero-order valence-corrected chi connectivity index (χ0v) is 11.6. The summed E-state index contributed by atoms with van der Waals surface area (Å²) in [7, 11) is -1.43. The van der Waals surface area contributed by atoms with Gasteiger partial charge in [0.2, 0.25) is 5.91 Å². The molecule has 6 nitrogen and oxygen atoms in total. The molecule has 7 heteroatoms. The molecule has 19 heavy (non-hydrogen) atoms. The highest BCUT2D eigenvalue weighted by Gasteiger charge is 2.38. The zero-order chi connectivity index (χ0) is 13.9. The average Bonchev–Trinajstić information content (AvgIpc) is 3.05. The van der Waals surface area contributed by atoms with Crippen molar-refractivity contribution >= 4 is 13.0 Å². The van der Waals surface area contributed by atoms with Crippen molar-refractivity contribution in [3.05, 3.63) is 0 Å². The second kappa shape index (κ2) is 6.22. The van der Waals surface area contributed by atoms with E-state index in [4.69, 9.17) is 0 Å². The topological polar surface area (TPSA) is 84.8 Å². The molecular formula is C12H24BN3O3. The van der Waals surface area contributed by atoms with Crippen LogP contribution in [-0.2, 0) is 4.79 Å². The summed E-state index contributed by atoms with van der Waals surface area (Å²) in [6, 6.07) is 0. The molecule has 2 heterocycles. The van der Waals surface area contributed by atoms with Crippen molar-refractivity contribution < 1.29 is 14.8 Å². The molecule has 0 aliphatic carbocycles. The lowest BCUT2D eigenvalue weighted by atomic mass is 9.78. The van der Waals surface area contributed by atoms with Gasteiger partial charge in [-0.1, -0.05) is 6.92 Å². The predicted octanol–water partition coefficient (Wildman–Crippen LogP) is -1.28. The van der Waals surface area contributed by atoms with E-state index in [1.165, 1.54) is 0 Å². The Bertz CT molecular complexity index is 321. The number of amides is 1. The van der Waals surface area contributed by atoms with Crippen LogP contribution in [0.3, 0.4) is 0 Å². The zero-order valence-electron chi connectivity index (χ0n) is 11.6. The number of nitrogens with one attached hydrogen (secondary N) is 2. The molecule has 2 aliphatic heterocycles. The Morgan fingerprint density at radius 1 is 1.58 bits per heavy atom. The summed E-state index contributed by atoms with van der Waals surface area (Å²) in [5.41, 5.74) is 0.0166. The largest absolute Gasteiger partial charge is 0.475 e. The van der Waals surface area contributed by atoms with Gasteiger partial charge in [-0.2, -0.15) is 0 Å². The van der Waals surface area contributed by atoms with Crippen LogP contribution in [0.15, 0.2) is 0 Å². The highest BCUT2D eigenvalue weighted by molar-refractivity contribution is 6.43. The van der Waals surface area contributed by atoms with Gasteiger partial charge in [-0.25, -0.2) is 0 Å². The predicted molar refractivity (Wildman–Crippen MR) is 73.4 cm³/mol. The van der Waals surface area contributed by atoms with E-state index in [1.54, 1.807) is 4.90 Å². The maximum Gasteiger partial charge on any atom is 0.475 e. The lowest BCUT2D eigenvalue weighted by Gasteiger charge is -2.30. The van der Waals surface area contributed by atoms with E-state index in [0.717, 1.165) is 32.4 Å². The van der Waals surface area contributed by atoms with Gasteiger partial charge in [0.05, 0.1) is 12.5 Å². The highest BCUT2D eigenvalue weighted by atomic mass is 16.4. The normalized spacial score (nSPS) is 30.9. The Balaban J connectivity index is 1.87. The minimum absolute atomic E-state index is 0.0166. The molecule has 0 aromatic rings. The lowest BCUT2D eigenvalue weighted by molar-refractivity contribution is -0.130. The van der Waals surface area contributed by atoms with E-state index in [9.17, 15) is 14.8 Å². The molecule has 2 atom stereocenters. The number of hydrogen-bond acceptors (Lipinski definition) is 5. The summed E-state index contributed by atoms with van der Waals surface area (Å²) in [6.07, 6.45) is 3.53. The van der Waals surface area contributed by atoms with Crippen LogP contribution in [0.2, 0.25) is 0 Å². The Hall–Kier alpha value is -0.625. The highest BCUT2D eigenvalue weighted by Crippen LogP contribution is 2.20. The molecule has 0 unspecified atom stereocenters. The van der Waals surface area contributed by atoms with Gasteiger partial charge in [0.25, 0.3) is 0 Å². The van der Waals surface area contributed by atoms with Crippen molar-refractivity contribution in [3.8, 4) is 0 Å². The summed E-state index contributed by atoms with van der Waals surface area (Å²) in [5, 5.41) is 25.2. The number of rotatable bonds is 5. The molecule has 0 aromatic carbocycles. The van der Waals surface area contributed by atoms with E-state index in [2.05, 4.69) is 17.6 Å². The van der Waals surface area contributed by atoms with Gasteiger partial charge < -0.3 is 25.6 Å². The first kappa shape index (κ1) is 14.8. The second-order valence-electron chi connectivity index (χ2n) is 5.62. The molecular weight excluding hydrogens is 245 g/mol. The third kappa shape index (κ3) is 3.28.